The molecule has 0 unspecified atom stereocenters. The summed E-state index contributed by atoms with van der Waals surface area (Å²) in [7, 11) is 0.929. The number of pyridine rings is 1. The fourth-order valence-corrected chi connectivity index (χ4v) is 1.93. The van der Waals surface area contributed by atoms with Gasteiger partial charge in [0, 0.05) is 21.6 Å². The Hall–Kier alpha value is -0.270. The Morgan fingerprint density at radius 2 is 2.07 bits per heavy atom. The number of hydrogen-bond acceptors (Lipinski definition) is 3. The summed E-state index contributed by atoms with van der Waals surface area (Å²) in [6.07, 6.45) is -2.76. The van der Waals surface area contributed by atoms with Crippen molar-refractivity contribution in [1.29, 1.82) is 0 Å². The predicted octanol–water partition coefficient (Wildman–Crippen LogP) is 2.84. The van der Waals surface area contributed by atoms with Gasteiger partial charge in [0.1, 0.15) is 0 Å². The molecular weight excluding hydrogens is 316 g/mol. The van der Waals surface area contributed by atoms with Crippen LogP contribution in [0.4, 0.5) is 8.78 Å². The Kier molecular flexibility index (Phi) is 4.02. The zero-order valence-electron chi connectivity index (χ0n) is 7.12. The van der Waals surface area contributed by atoms with Crippen molar-refractivity contribution in [3.63, 3.8) is 0 Å². The molecule has 0 spiro atoms. The van der Waals surface area contributed by atoms with Gasteiger partial charge < -0.3 is 0 Å². The van der Waals surface area contributed by atoms with Gasteiger partial charge in [-0.15, -0.1) is 0 Å². The Morgan fingerprint density at radius 3 is 2.47 bits per heavy atom. The third-order valence-corrected chi connectivity index (χ3v) is 3.27. The highest BCUT2D eigenvalue weighted by molar-refractivity contribution is 9.08. The zero-order valence-corrected chi connectivity index (χ0v) is 10.3. The molecule has 0 aliphatic rings. The van der Waals surface area contributed by atoms with Crippen LogP contribution in [0.5, 0.6) is 0 Å². The van der Waals surface area contributed by atoms with E-state index in [0.29, 0.717) is 0 Å². The summed E-state index contributed by atoms with van der Waals surface area (Å²) in [5.74, 6) is 0. The van der Waals surface area contributed by atoms with E-state index in [-0.39, 0.29) is 11.0 Å². The molecular formula is C7H5BrClF2NO2S. The van der Waals surface area contributed by atoms with Crippen LogP contribution in [0.2, 0.25) is 0 Å². The van der Waals surface area contributed by atoms with Crippen molar-refractivity contribution in [2.75, 3.05) is 0 Å². The van der Waals surface area contributed by atoms with Gasteiger partial charge in [0.15, 0.2) is 5.03 Å². The summed E-state index contributed by atoms with van der Waals surface area (Å²) in [5.41, 5.74) is -0.231. The minimum Gasteiger partial charge on any atom is -0.239 e. The van der Waals surface area contributed by atoms with Crippen molar-refractivity contribution >= 4 is 35.7 Å². The lowest BCUT2D eigenvalue weighted by Crippen LogP contribution is -2.00. The van der Waals surface area contributed by atoms with Gasteiger partial charge in [0.25, 0.3) is 15.5 Å². The molecule has 0 aliphatic heterocycles. The van der Waals surface area contributed by atoms with E-state index in [9.17, 15) is 17.2 Å². The number of nitrogens with zero attached hydrogens (tertiary/aromatic N) is 1. The highest BCUT2D eigenvalue weighted by Crippen LogP contribution is 2.24. The van der Waals surface area contributed by atoms with Crippen LogP contribution in [0.25, 0.3) is 0 Å². The van der Waals surface area contributed by atoms with Crippen molar-refractivity contribution in [3.05, 3.63) is 23.4 Å². The first-order chi connectivity index (χ1) is 6.84. The number of halogens is 4. The zero-order chi connectivity index (χ0) is 11.6. The van der Waals surface area contributed by atoms with Crippen LogP contribution in [0, 0.1) is 0 Å². The molecule has 1 aromatic heterocycles. The second-order valence-corrected chi connectivity index (χ2v) is 5.68. The number of rotatable bonds is 3. The largest absolute Gasteiger partial charge is 0.278 e. The molecule has 0 fully saturated rings. The molecule has 8 heteroatoms. The van der Waals surface area contributed by atoms with Gasteiger partial charge in [-0.25, -0.2) is 22.2 Å². The topological polar surface area (TPSA) is 47.0 Å². The van der Waals surface area contributed by atoms with Gasteiger partial charge in [0.2, 0.25) is 0 Å². The van der Waals surface area contributed by atoms with E-state index in [1.165, 1.54) is 0 Å². The molecule has 0 saturated carbocycles. The lowest BCUT2D eigenvalue weighted by atomic mass is 10.2. The van der Waals surface area contributed by atoms with Crippen LogP contribution >= 0.6 is 26.6 Å². The van der Waals surface area contributed by atoms with E-state index in [1.54, 1.807) is 0 Å². The average Bonchev–Trinajstić information content (AvgIpc) is 2.15. The molecule has 0 radical (unpaired) electrons. The molecule has 0 bridgehead atoms. The van der Waals surface area contributed by atoms with Gasteiger partial charge in [-0.2, -0.15) is 0 Å². The van der Waals surface area contributed by atoms with Gasteiger partial charge in [0.05, 0.1) is 5.69 Å². The van der Waals surface area contributed by atoms with E-state index in [2.05, 4.69) is 20.9 Å². The fourth-order valence-electron chi connectivity index (χ4n) is 0.902. The Bertz CT molecular complexity index is 466. The molecule has 0 aromatic carbocycles. The van der Waals surface area contributed by atoms with Gasteiger partial charge in [-0.05, 0) is 12.1 Å². The summed E-state index contributed by atoms with van der Waals surface area (Å²) in [6, 6.07) is 1.88. The maximum Gasteiger partial charge on any atom is 0.278 e. The van der Waals surface area contributed by atoms with Crippen molar-refractivity contribution in [1.82, 2.24) is 4.98 Å². The van der Waals surface area contributed by atoms with E-state index in [4.69, 9.17) is 10.7 Å². The molecule has 0 N–H and O–H groups in total. The molecule has 0 saturated heterocycles. The number of alkyl halides is 3. The van der Waals surface area contributed by atoms with Crippen LogP contribution in [0.15, 0.2) is 17.2 Å². The third kappa shape index (κ3) is 3.35. The molecule has 0 amide bonds. The minimum atomic E-state index is -4.08. The van der Waals surface area contributed by atoms with E-state index in [1.807, 2.05) is 0 Å². The molecule has 1 heterocycles. The van der Waals surface area contributed by atoms with Crippen molar-refractivity contribution in [2.24, 2.45) is 0 Å². The highest BCUT2D eigenvalue weighted by Gasteiger charge is 2.17. The number of hydrogen-bond donors (Lipinski definition) is 0. The summed E-state index contributed by atoms with van der Waals surface area (Å²) < 4.78 is 46.6. The maximum absolute atomic E-state index is 12.4. The Morgan fingerprint density at radius 1 is 1.47 bits per heavy atom. The summed E-state index contributed by atoms with van der Waals surface area (Å²) >= 11 is 3.00. The van der Waals surface area contributed by atoms with Gasteiger partial charge in [-0.1, -0.05) is 15.9 Å². The normalized spacial score (nSPS) is 12.1. The molecule has 1 rings (SSSR count). The van der Waals surface area contributed by atoms with Crippen LogP contribution in [-0.2, 0) is 14.4 Å². The molecule has 15 heavy (non-hydrogen) atoms. The average molecular weight is 321 g/mol. The second kappa shape index (κ2) is 4.71. The van der Waals surface area contributed by atoms with E-state index in [0.717, 1.165) is 12.1 Å². The van der Waals surface area contributed by atoms with Crippen molar-refractivity contribution < 1.29 is 17.2 Å². The summed E-state index contributed by atoms with van der Waals surface area (Å²) in [6.45, 7) is 0. The van der Waals surface area contributed by atoms with Crippen molar-refractivity contribution in [3.8, 4) is 0 Å². The van der Waals surface area contributed by atoms with E-state index >= 15 is 0 Å². The SMILES string of the molecule is O=S(=O)(Cl)c1cc(C(F)F)cc(CBr)n1. The maximum atomic E-state index is 12.4. The van der Waals surface area contributed by atoms with Crippen molar-refractivity contribution in [2.45, 2.75) is 16.8 Å². The van der Waals surface area contributed by atoms with Gasteiger partial charge in [-0.3, -0.25) is 0 Å². The van der Waals surface area contributed by atoms with E-state index < -0.39 is 26.1 Å². The second-order valence-electron chi connectivity index (χ2n) is 2.60. The monoisotopic (exact) mass is 319 g/mol. The van der Waals surface area contributed by atoms with Crippen LogP contribution in [-0.4, -0.2) is 13.4 Å². The number of aromatic nitrogens is 1. The predicted molar refractivity (Wildman–Crippen MR) is 54.9 cm³/mol. The molecule has 1 aromatic rings. The summed E-state index contributed by atoms with van der Waals surface area (Å²) in [4.78, 5) is 3.61. The standard InChI is InChI=1S/C7H5BrClF2NO2S/c8-3-5-1-4(7(10)11)2-6(12-5)15(9,13)14/h1-2,7H,3H2. The van der Waals surface area contributed by atoms with Crippen LogP contribution < -0.4 is 0 Å². The molecule has 0 aliphatic carbocycles. The lowest BCUT2D eigenvalue weighted by molar-refractivity contribution is 0.151. The highest BCUT2D eigenvalue weighted by atomic mass is 79.9. The first-order valence-electron chi connectivity index (χ1n) is 3.64. The fraction of sp³-hybridized carbons (Fsp3) is 0.286. The van der Waals surface area contributed by atoms with Crippen LogP contribution in [0.3, 0.4) is 0 Å². The molecule has 0 atom stereocenters. The van der Waals surface area contributed by atoms with Crippen LogP contribution in [0.1, 0.15) is 17.7 Å². The quantitative estimate of drug-likeness (QED) is 0.635. The third-order valence-electron chi connectivity index (χ3n) is 1.52. The Labute approximate surface area is 98.0 Å². The first kappa shape index (κ1) is 12.8. The smallest absolute Gasteiger partial charge is 0.239 e. The minimum absolute atomic E-state index is 0.174. The molecule has 84 valence electrons. The van der Waals surface area contributed by atoms with Gasteiger partial charge >= 0.3 is 0 Å². The molecule has 3 nitrogen and oxygen atoms in total. The summed E-state index contributed by atoms with van der Waals surface area (Å²) in [5, 5.41) is -0.385. The first-order valence-corrected chi connectivity index (χ1v) is 7.07. The lowest BCUT2D eigenvalue weighted by Gasteiger charge is -2.04. The Balaban J connectivity index is 3.36.